The second-order valence-electron chi connectivity index (χ2n) is 6.53. The number of aliphatic hydroxyl groups excluding tert-OH is 1. The first-order chi connectivity index (χ1) is 13.4. The number of rotatable bonds is 2. The zero-order valence-corrected chi connectivity index (χ0v) is 19.6. The van der Waals surface area contributed by atoms with Crippen molar-refractivity contribution in [3.63, 3.8) is 0 Å². The second kappa shape index (κ2) is 12.1. The molecule has 0 saturated carbocycles. The van der Waals surface area contributed by atoms with Crippen LogP contribution in [-0.2, 0) is 21.7 Å². The van der Waals surface area contributed by atoms with E-state index in [1.807, 2.05) is 0 Å². The van der Waals surface area contributed by atoms with Gasteiger partial charge < -0.3 is 29.9 Å². The summed E-state index contributed by atoms with van der Waals surface area (Å²) < 4.78 is 0. The summed E-state index contributed by atoms with van der Waals surface area (Å²) in [5.41, 5.74) is 6.55. The number of allylic oxidation sites excluding steroid dienone is 1. The molecule has 4 heteroatoms. The summed E-state index contributed by atoms with van der Waals surface area (Å²) in [6, 6.07) is 36.0. The standard InChI is InChI=1S/C25H17.CH4O.2ClH.Ti/c1-2-9-19(10-3-1)24-17-21-12-6-7-13-23(21)25(24)22-15-14-18-8-4-5-11-20(18)16-22;1-2;;;/h1-15,17,25H;2H,1H3;2*1H;/q-1;;;;+3/p-2. The van der Waals surface area contributed by atoms with E-state index in [-0.39, 0.29) is 52.4 Å². The molecule has 0 bridgehead atoms. The van der Waals surface area contributed by atoms with Crippen molar-refractivity contribution in [2.24, 2.45) is 0 Å². The zero-order chi connectivity index (χ0) is 18.6. The van der Waals surface area contributed by atoms with Crippen LogP contribution in [0.3, 0.4) is 0 Å². The molecule has 4 aromatic carbocycles. The third-order valence-electron chi connectivity index (χ3n) is 5.03. The van der Waals surface area contributed by atoms with E-state index in [4.69, 9.17) is 5.11 Å². The molecule has 5 rings (SSSR count). The fourth-order valence-electron chi connectivity index (χ4n) is 3.84. The molecule has 0 heterocycles. The molecule has 1 N–H and O–H groups in total. The molecule has 0 amide bonds. The molecule has 1 aliphatic carbocycles. The van der Waals surface area contributed by atoms with Crippen LogP contribution in [0, 0.1) is 6.07 Å². The Morgan fingerprint density at radius 1 is 0.700 bits per heavy atom. The molecule has 30 heavy (non-hydrogen) atoms. The number of benzene rings is 4. The minimum Gasteiger partial charge on any atom is -1.00 e. The summed E-state index contributed by atoms with van der Waals surface area (Å²) in [5, 5.41) is 9.42. The van der Waals surface area contributed by atoms with E-state index < -0.39 is 0 Å². The first-order valence-electron chi connectivity index (χ1n) is 9.12. The molecular formula is C26H21Cl2OTi. The molecule has 0 spiro atoms. The van der Waals surface area contributed by atoms with Crippen LogP contribution >= 0.6 is 0 Å². The van der Waals surface area contributed by atoms with Crippen LogP contribution in [0.5, 0.6) is 0 Å². The maximum Gasteiger partial charge on any atom is 3.00 e. The molecule has 1 unspecified atom stereocenters. The molecule has 0 saturated heterocycles. The zero-order valence-electron chi connectivity index (χ0n) is 16.5. The van der Waals surface area contributed by atoms with Crippen LogP contribution < -0.4 is 24.8 Å². The summed E-state index contributed by atoms with van der Waals surface area (Å²) in [4.78, 5) is 0. The number of halogens is 2. The Labute approximate surface area is 205 Å². The first-order valence-corrected chi connectivity index (χ1v) is 9.12. The van der Waals surface area contributed by atoms with E-state index in [1.54, 1.807) is 0 Å². The minimum absolute atomic E-state index is 0. The van der Waals surface area contributed by atoms with Crippen LogP contribution in [0.2, 0.25) is 0 Å². The third kappa shape index (κ3) is 5.06. The Kier molecular flexibility index (Phi) is 10.6. The molecule has 1 nitrogen and oxygen atoms in total. The van der Waals surface area contributed by atoms with E-state index >= 15 is 0 Å². The van der Waals surface area contributed by atoms with E-state index in [2.05, 4.69) is 103 Å². The average molecular weight is 468 g/mol. The Hall–Kier alpha value is -1.87. The first kappa shape index (κ1) is 26.2. The van der Waals surface area contributed by atoms with Gasteiger partial charge in [0.2, 0.25) is 0 Å². The molecule has 0 aliphatic heterocycles. The number of aliphatic hydroxyl groups is 1. The van der Waals surface area contributed by atoms with E-state index in [0.29, 0.717) is 0 Å². The van der Waals surface area contributed by atoms with Crippen LogP contribution in [0.25, 0.3) is 22.4 Å². The van der Waals surface area contributed by atoms with Gasteiger partial charge in [0.1, 0.15) is 0 Å². The predicted octanol–water partition coefficient (Wildman–Crippen LogP) is -0.0599. The fraction of sp³-hybridized carbons (Fsp3) is 0.0769. The van der Waals surface area contributed by atoms with Crippen LogP contribution in [0.4, 0.5) is 0 Å². The van der Waals surface area contributed by atoms with Crippen molar-refractivity contribution in [3.05, 3.63) is 119 Å². The summed E-state index contributed by atoms with van der Waals surface area (Å²) in [5.74, 6) is 0.239. The molecule has 149 valence electrons. The van der Waals surface area contributed by atoms with Crippen molar-refractivity contribution in [1.29, 1.82) is 0 Å². The minimum atomic E-state index is 0. The molecule has 0 fully saturated rings. The largest absolute Gasteiger partial charge is 3.00 e. The smallest absolute Gasteiger partial charge is 1.00 e. The monoisotopic (exact) mass is 467 g/mol. The van der Waals surface area contributed by atoms with Crippen molar-refractivity contribution in [1.82, 2.24) is 0 Å². The van der Waals surface area contributed by atoms with Crippen molar-refractivity contribution in [3.8, 4) is 0 Å². The van der Waals surface area contributed by atoms with Gasteiger partial charge in [-0.25, -0.2) is 0 Å². The summed E-state index contributed by atoms with van der Waals surface area (Å²) in [6.45, 7) is 0. The molecular weight excluding hydrogens is 447 g/mol. The normalized spacial score (nSPS) is 13.4. The second-order valence-corrected chi connectivity index (χ2v) is 6.53. The summed E-state index contributed by atoms with van der Waals surface area (Å²) in [7, 11) is 1.00. The number of hydrogen-bond acceptors (Lipinski definition) is 1. The Morgan fingerprint density at radius 3 is 2.10 bits per heavy atom. The Bertz CT molecular complexity index is 1110. The van der Waals surface area contributed by atoms with Crippen molar-refractivity contribution < 1.29 is 51.6 Å². The molecule has 4 aromatic rings. The predicted molar refractivity (Wildman–Crippen MR) is 114 cm³/mol. The van der Waals surface area contributed by atoms with Crippen molar-refractivity contribution in [2.75, 3.05) is 7.11 Å². The topological polar surface area (TPSA) is 20.2 Å². The maximum atomic E-state index is 7.00. The van der Waals surface area contributed by atoms with Crippen LogP contribution in [0.1, 0.15) is 28.2 Å². The van der Waals surface area contributed by atoms with Crippen LogP contribution in [0.15, 0.2) is 91.0 Å². The van der Waals surface area contributed by atoms with Gasteiger partial charge in [-0.05, 0) is 28.3 Å². The van der Waals surface area contributed by atoms with Gasteiger partial charge in [-0.3, -0.25) is 0 Å². The van der Waals surface area contributed by atoms with Crippen molar-refractivity contribution >= 4 is 22.4 Å². The molecule has 1 aliphatic rings. The maximum absolute atomic E-state index is 7.00. The van der Waals surface area contributed by atoms with E-state index in [9.17, 15) is 0 Å². The Balaban J connectivity index is 0.000000875. The van der Waals surface area contributed by atoms with Gasteiger partial charge in [0, 0.05) is 13.0 Å². The molecule has 1 atom stereocenters. The van der Waals surface area contributed by atoms with Gasteiger partial charge in [0.15, 0.2) is 0 Å². The average Bonchev–Trinajstić information content (AvgIpc) is 3.15. The number of fused-ring (bicyclic) bond motifs is 2. The van der Waals surface area contributed by atoms with Crippen LogP contribution in [-0.4, -0.2) is 12.2 Å². The van der Waals surface area contributed by atoms with Gasteiger partial charge in [0.05, 0.1) is 0 Å². The quantitative estimate of drug-likeness (QED) is 0.323. The fourth-order valence-corrected chi connectivity index (χ4v) is 3.84. The van der Waals surface area contributed by atoms with Gasteiger partial charge in [-0.2, -0.15) is 0 Å². The summed E-state index contributed by atoms with van der Waals surface area (Å²) in [6.07, 6.45) is 2.33. The van der Waals surface area contributed by atoms with Gasteiger partial charge in [-0.15, -0.1) is 46.7 Å². The van der Waals surface area contributed by atoms with E-state index in [1.165, 1.54) is 38.6 Å². The Morgan fingerprint density at radius 2 is 1.33 bits per heavy atom. The van der Waals surface area contributed by atoms with Gasteiger partial charge in [0.25, 0.3) is 0 Å². The van der Waals surface area contributed by atoms with Gasteiger partial charge in [-0.1, -0.05) is 66.7 Å². The summed E-state index contributed by atoms with van der Waals surface area (Å²) >= 11 is 0. The van der Waals surface area contributed by atoms with Crippen molar-refractivity contribution in [2.45, 2.75) is 5.92 Å². The molecule has 0 aromatic heterocycles. The van der Waals surface area contributed by atoms with Gasteiger partial charge >= 0.3 is 21.7 Å². The van der Waals surface area contributed by atoms with E-state index in [0.717, 1.165) is 7.11 Å². The molecule has 1 radical (unpaired) electrons. The third-order valence-corrected chi connectivity index (χ3v) is 5.03. The number of hydrogen-bond donors (Lipinski definition) is 1. The SMILES string of the molecule is CO.[Cl-].[Cl-].[Ti+3].[c-]1c(C2C(c3ccccc3)=Cc3ccccc32)ccc2ccccc12.